The number of sulfonamides is 1. The van der Waals surface area contributed by atoms with Gasteiger partial charge in [0.2, 0.25) is 10.0 Å². The Morgan fingerprint density at radius 2 is 2.05 bits per heavy atom. The first-order valence-electron chi connectivity index (χ1n) is 6.23. The minimum Gasteiger partial charge on any atom is -0.330 e. The molecule has 9 heteroatoms. The molecule has 4 nitrogen and oxygen atoms in total. The molecule has 0 aliphatic carbocycles. The van der Waals surface area contributed by atoms with Crippen LogP contribution in [0, 0.1) is 5.92 Å². The second kappa shape index (κ2) is 5.75. The highest BCUT2D eigenvalue weighted by Gasteiger charge is 2.35. The molecule has 1 atom stereocenters. The molecule has 1 unspecified atom stereocenters. The van der Waals surface area contributed by atoms with Gasteiger partial charge in [-0.15, -0.1) is 0 Å². The summed E-state index contributed by atoms with van der Waals surface area (Å²) in [4.78, 5) is -0.310. The molecule has 118 valence electrons. The summed E-state index contributed by atoms with van der Waals surface area (Å²) in [6, 6.07) is 2.25. The Kier molecular flexibility index (Phi) is 4.53. The van der Waals surface area contributed by atoms with E-state index in [1.807, 2.05) is 0 Å². The van der Waals surface area contributed by atoms with Gasteiger partial charge < -0.3 is 5.73 Å². The van der Waals surface area contributed by atoms with Crippen LogP contribution >= 0.6 is 11.6 Å². The first-order valence-corrected chi connectivity index (χ1v) is 8.05. The van der Waals surface area contributed by atoms with Gasteiger partial charge in [-0.2, -0.15) is 17.5 Å². The van der Waals surface area contributed by atoms with Crippen molar-refractivity contribution < 1.29 is 21.6 Å². The molecule has 0 saturated carbocycles. The summed E-state index contributed by atoms with van der Waals surface area (Å²) in [5.41, 5.74) is 4.52. The zero-order valence-corrected chi connectivity index (χ0v) is 12.5. The molecule has 1 heterocycles. The third kappa shape index (κ3) is 3.33. The van der Waals surface area contributed by atoms with E-state index in [0.717, 1.165) is 12.1 Å². The summed E-state index contributed by atoms with van der Waals surface area (Å²) in [5.74, 6) is 0.0630. The van der Waals surface area contributed by atoms with E-state index in [1.165, 1.54) is 4.31 Å². The third-order valence-electron chi connectivity index (χ3n) is 3.46. The predicted octanol–water partition coefficient (Wildman–Crippen LogP) is 2.33. The van der Waals surface area contributed by atoms with E-state index in [4.69, 9.17) is 17.3 Å². The second-order valence-corrected chi connectivity index (χ2v) is 7.21. The van der Waals surface area contributed by atoms with Crippen molar-refractivity contribution in [2.24, 2.45) is 11.7 Å². The van der Waals surface area contributed by atoms with Gasteiger partial charge in [0.05, 0.1) is 10.6 Å². The van der Waals surface area contributed by atoms with Crippen molar-refractivity contribution in [3.05, 3.63) is 28.8 Å². The van der Waals surface area contributed by atoms with Gasteiger partial charge in [0.1, 0.15) is 4.90 Å². The Morgan fingerprint density at radius 1 is 1.38 bits per heavy atom. The van der Waals surface area contributed by atoms with Gasteiger partial charge in [0.25, 0.3) is 0 Å². The lowest BCUT2D eigenvalue weighted by atomic mass is 10.1. The minimum absolute atomic E-state index is 0.0630. The van der Waals surface area contributed by atoms with Crippen LogP contribution in [0.5, 0.6) is 0 Å². The van der Waals surface area contributed by atoms with Crippen LogP contribution in [0.4, 0.5) is 13.2 Å². The van der Waals surface area contributed by atoms with Crippen molar-refractivity contribution >= 4 is 21.6 Å². The molecule has 0 radical (unpaired) electrons. The van der Waals surface area contributed by atoms with Gasteiger partial charge in [-0.25, -0.2) is 8.42 Å². The van der Waals surface area contributed by atoms with E-state index in [0.29, 0.717) is 25.6 Å². The normalized spacial score (nSPS) is 20.9. The number of nitrogens with zero attached hydrogens (tertiary/aromatic N) is 1. The van der Waals surface area contributed by atoms with Gasteiger partial charge in [-0.1, -0.05) is 11.6 Å². The highest BCUT2D eigenvalue weighted by molar-refractivity contribution is 7.89. The Balaban J connectivity index is 2.33. The van der Waals surface area contributed by atoms with Crippen molar-refractivity contribution in [3.8, 4) is 0 Å². The summed E-state index contributed by atoms with van der Waals surface area (Å²) < 4.78 is 63.7. The molecule has 0 spiro atoms. The quantitative estimate of drug-likeness (QED) is 0.917. The average molecular weight is 343 g/mol. The van der Waals surface area contributed by atoms with E-state index in [1.54, 1.807) is 0 Å². The van der Waals surface area contributed by atoms with Crippen LogP contribution in [-0.2, 0) is 16.2 Å². The van der Waals surface area contributed by atoms with Crippen LogP contribution in [0.25, 0.3) is 0 Å². The summed E-state index contributed by atoms with van der Waals surface area (Å²) in [6.45, 7) is 0.921. The minimum atomic E-state index is -4.57. The van der Waals surface area contributed by atoms with E-state index in [2.05, 4.69) is 0 Å². The summed E-state index contributed by atoms with van der Waals surface area (Å²) >= 11 is 5.74. The van der Waals surface area contributed by atoms with Crippen LogP contribution in [-0.4, -0.2) is 32.4 Å². The molecule has 1 aromatic rings. The molecule has 21 heavy (non-hydrogen) atoms. The number of nitrogens with two attached hydrogens (primary N) is 1. The zero-order chi connectivity index (χ0) is 15.8. The third-order valence-corrected chi connectivity index (χ3v) is 5.81. The summed E-state index contributed by atoms with van der Waals surface area (Å²) in [7, 11) is -3.90. The molecule has 1 aromatic carbocycles. The number of hydrogen-bond acceptors (Lipinski definition) is 3. The monoisotopic (exact) mass is 342 g/mol. The van der Waals surface area contributed by atoms with Crippen molar-refractivity contribution in [1.29, 1.82) is 0 Å². The second-order valence-electron chi connectivity index (χ2n) is 4.90. The number of halogens is 4. The van der Waals surface area contributed by atoms with Crippen molar-refractivity contribution in [2.45, 2.75) is 17.5 Å². The van der Waals surface area contributed by atoms with Crippen molar-refractivity contribution in [3.63, 3.8) is 0 Å². The van der Waals surface area contributed by atoms with Gasteiger partial charge in [-0.05, 0) is 37.1 Å². The highest BCUT2D eigenvalue weighted by atomic mass is 35.5. The molecule has 2 N–H and O–H groups in total. The largest absolute Gasteiger partial charge is 0.416 e. The molecular weight excluding hydrogens is 329 g/mol. The van der Waals surface area contributed by atoms with E-state index in [-0.39, 0.29) is 17.4 Å². The fraction of sp³-hybridized carbons (Fsp3) is 0.500. The molecule has 0 bridgehead atoms. The van der Waals surface area contributed by atoms with E-state index in [9.17, 15) is 21.6 Å². The number of rotatable bonds is 3. The number of alkyl halides is 3. The fourth-order valence-electron chi connectivity index (χ4n) is 2.23. The maximum Gasteiger partial charge on any atom is 0.416 e. The Morgan fingerprint density at radius 3 is 2.52 bits per heavy atom. The topological polar surface area (TPSA) is 63.4 Å². The lowest BCUT2D eigenvalue weighted by molar-refractivity contribution is -0.137. The molecule has 2 rings (SSSR count). The smallest absolute Gasteiger partial charge is 0.330 e. The van der Waals surface area contributed by atoms with Crippen LogP contribution in [0.1, 0.15) is 12.0 Å². The molecule has 0 aromatic heterocycles. The van der Waals surface area contributed by atoms with E-state index < -0.39 is 26.8 Å². The lowest BCUT2D eigenvalue weighted by Gasteiger charge is -2.18. The van der Waals surface area contributed by atoms with Crippen LogP contribution in [0.15, 0.2) is 23.1 Å². The molecular formula is C12H14ClF3N2O2S. The maximum absolute atomic E-state index is 12.6. The Hall–Kier alpha value is -0.830. The van der Waals surface area contributed by atoms with Crippen LogP contribution in [0.2, 0.25) is 5.02 Å². The first kappa shape index (κ1) is 16.5. The maximum atomic E-state index is 12.6. The SMILES string of the molecule is NCC1CCN(S(=O)(=O)c2ccc(C(F)(F)F)cc2Cl)C1. The number of hydrogen-bond donors (Lipinski definition) is 1. The summed E-state index contributed by atoms with van der Waals surface area (Å²) in [6.07, 6.45) is -3.93. The Labute approximate surface area is 125 Å². The van der Waals surface area contributed by atoms with Crippen LogP contribution < -0.4 is 5.73 Å². The highest BCUT2D eigenvalue weighted by Crippen LogP contribution is 2.35. The van der Waals surface area contributed by atoms with E-state index >= 15 is 0 Å². The number of benzene rings is 1. The van der Waals surface area contributed by atoms with Gasteiger partial charge in [-0.3, -0.25) is 0 Å². The summed E-state index contributed by atoms with van der Waals surface area (Å²) in [5, 5.41) is -0.430. The van der Waals surface area contributed by atoms with Gasteiger partial charge in [0, 0.05) is 13.1 Å². The molecule has 0 amide bonds. The molecule has 1 aliphatic rings. The zero-order valence-electron chi connectivity index (χ0n) is 10.9. The molecule has 1 fully saturated rings. The van der Waals surface area contributed by atoms with Gasteiger partial charge >= 0.3 is 6.18 Å². The fourth-order valence-corrected chi connectivity index (χ4v) is 4.28. The molecule has 1 aliphatic heterocycles. The van der Waals surface area contributed by atoms with Crippen molar-refractivity contribution in [2.75, 3.05) is 19.6 Å². The predicted molar refractivity (Wildman–Crippen MR) is 72.4 cm³/mol. The average Bonchev–Trinajstić information content (AvgIpc) is 2.86. The van der Waals surface area contributed by atoms with Crippen LogP contribution in [0.3, 0.4) is 0 Å². The Bertz CT molecular complexity index is 634. The molecule has 1 saturated heterocycles. The van der Waals surface area contributed by atoms with Crippen molar-refractivity contribution in [1.82, 2.24) is 4.31 Å². The first-order chi connectivity index (χ1) is 9.66. The lowest BCUT2D eigenvalue weighted by Crippen LogP contribution is -2.30. The standard InChI is InChI=1S/C12H14ClF3N2O2S/c13-10-5-9(12(14,15)16)1-2-11(10)21(19,20)18-4-3-8(6-17)7-18/h1-2,5,8H,3-4,6-7,17H2. The van der Waals surface area contributed by atoms with Gasteiger partial charge in [0.15, 0.2) is 0 Å².